The molecule has 3 fully saturated rings. The highest BCUT2D eigenvalue weighted by molar-refractivity contribution is 4.92. The first-order valence-corrected chi connectivity index (χ1v) is 7.89. The van der Waals surface area contributed by atoms with Crippen molar-refractivity contribution in [1.29, 1.82) is 0 Å². The van der Waals surface area contributed by atoms with Crippen molar-refractivity contribution in [2.45, 2.75) is 68.7 Å². The van der Waals surface area contributed by atoms with E-state index >= 15 is 0 Å². The summed E-state index contributed by atoms with van der Waals surface area (Å²) in [5.74, 6) is 0. The standard InChI is InChI=1S/C15H27NO3/c17-14(8-9-18-12-14)11-16-10-13-4-7-15(19-13)5-2-1-3-6-15/h13,16-17H,1-12H2. The first-order chi connectivity index (χ1) is 9.20. The molecule has 2 heterocycles. The summed E-state index contributed by atoms with van der Waals surface area (Å²) in [4.78, 5) is 0. The Balaban J connectivity index is 1.39. The summed E-state index contributed by atoms with van der Waals surface area (Å²) in [5.41, 5.74) is -0.445. The van der Waals surface area contributed by atoms with E-state index in [2.05, 4.69) is 5.32 Å². The van der Waals surface area contributed by atoms with Crippen molar-refractivity contribution in [2.75, 3.05) is 26.3 Å². The molecule has 2 N–H and O–H groups in total. The molecule has 3 aliphatic rings. The summed E-state index contributed by atoms with van der Waals surface area (Å²) in [6.45, 7) is 2.64. The molecule has 19 heavy (non-hydrogen) atoms. The van der Waals surface area contributed by atoms with Crippen LogP contribution in [0.5, 0.6) is 0 Å². The fourth-order valence-electron chi connectivity index (χ4n) is 3.80. The summed E-state index contributed by atoms with van der Waals surface area (Å²) >= 11 is 0. The number of hydrogen-bond donors (Lipinski definition) is 2. The van der Waals surface area contributed by atoms with Gasteiger partial charge in [-0.1, -0.05) is 19.3 Å². The van der Waals surface area contributed by atoms with Crippen LogP contribution in [0.15, 0.2) is 0 Å². The number of aliphatic hydroxyl groups is 1. The Morgan fingerprint density at radius 2 is 1.95 bits per heavy atom. The highest BCUT2D eigenvalue weighted by atomic mass is 16.5. The summed E-state index contributed by atoms with van der Waals surface area (Å²) in [7, 11) is 0. The molecule has 2 aliphatic heterocycles. The van der Waals surface area contributed by atoms with Crippen LogP contribution < -0.4 is 5.32 Å². The minimum Gasteiger partial charge on any atom is -0.386 e. The second-order valence-electron chi connectivity index (χ2n) is 6.68. The van der Waals surface area contributed by atoms with E-state index in [-0.39, 0.29) is 5.60 Å². The average Bonchev–Trinajstić information content (AvgIpc) is 2.99. The molecule has 2 saturated heterocycles. The van der Waals surface area contributed by atoms with Gasteiger partial charge in [0.1, 0.15) is 5.60 Å². The van der Waals surface area contributed by atoms with Crippen LogP contribution in [-0.4, -0.2) is 48.7 Å². The van der Waals surface area contributed by atoms with Crippen molar-refractivity contribution in [3.05, 3.63) is 0 Å². The summed E-state index contributed by atoms with van der Waals surface area (Å²) in [6, 6.07) is 0. The van der Waals surface area contributed by atoms with E-state index in [9.17, 15) is 5.11 Å². The molecule has 4 heteroatoms. The Hall–Kier alpha value is -0.160. The third-order valence-electron chi connectivity index (χ3n) is 5.01. The van der Waals surface area contributed by atoms with Crippen molar-refractivity contribution in [3.63, 3.8) is 0 Å². The molecule has 3 rings (SSSR count). The molecule has 110 valence electrons. The van der Waals surface area contributed by atoms with Gasteiger partial charge in [-0.2, -0.15) is 0 Å². The molecular formula is C15H27NO3. The molecule has 1 spiro atoms. The van der Waals surface area contributed by atoms with Crippen LogP contribution in [0.25, 0.3) is 0 Å². The molecule has 0 radical (unpaired) electrons. The number of nitrogens with one attached hydrogen (secondary N) is 1. The van der Waals surface area contributed by atoms with E-state index in [0.29, 0.717) is 25.9 Å². The molecule has 0 aromatic rings. The second-order valence-corrected chi connectivity index (χ2v) is 6.68. The lowest BCUT2D eigenvalue weighted by atomic mass is 9.83. The molecule has 1 aliphatic carbocycles. The van der Waals surface area contributed by atoms with Gasteiger partial charge in [-0.3, -0.25) is 0 Å². The van der Waals surface area contributed by atoms with Gasteiger partial charge in [-0.15, -0.1) is 0 Å². The molecule has 1 saturated carbocycles. The van der Waals surface area contributed by atoms with Crippen LogP contribution in [0.2, 0.25) is 0 Å². The van der Waals surface area contributed by atoms with Crippen LogP contribution in [-0.2, 0) is 9.47 Å². The van der Waals surface area contributed by atoms with Crippen LogP contribution in [0.1, 0.15) is 51.4 Å². The Labute approximate surface area is 115 Å². The SMILES string of the molecule is OC1(CNCC2CCC3(CCCCC3)O2)CCOC1. The van der Waals surface area contributed by atoms with E-state index in [1.807, 2.05) is 0 Å². The molecule has 4 nitrogen and oxygen atoms in total. The van der Waals surface area contributed by atoms with E-state index in [4.69, 9.17) is 9.47 Å². The van der Waals surface area contributed by atoms with Gasteiger partial charge < -0.3 is 19.9 Å². The molecule has 0 aromatic heterocycles. The Morgan fingerprint density at radius 1 is 1.11 bits per heavy atom. The van der Waals surface area contributed by atoms with Gasteiger partial charge in [0.2, 0.25) is 0 Å². The monoisotopic (exact) mass is 269 g/mol. The van der Waals surface area contributed by atoms with Gasteiger partial charge >= 0.3 is 0 Å². The predicted octanol–water partition coefficient (Wildman–Crippen LogP) is 1.61. The number of rotatable bonds is 4. The van der Waals surface area contributed by atoms with Gasteiger partial charge in [0.25, 0.3) is 0 Å². The number of hydrogen-bond acceptors (Lipinski definition) is 4. The summed E-state index contributed by atoms with van der Waals surface area (Å²) < 4.78 is 11.6. The first kappa shape index (κ1) is 13.8. The fourth-order valence-corrected chi connectivity index (χ4v) is 3.80. The van der Waals surface area contributed by atoms with E-state index in [1.165, 1.54) is 44.9 Å². The normalized spacial score (nSPS) is 38.1. The predicted molar refractivity (Wildman–Crippen MR) is 73.2 cm³/mol. The zero-order chi connectivity index (χ0) is 13.2. The zero-order valence-electron chi connectivity index (χ0n) is 11.8. The lowest BCUT2D eigenvalue weighted by molar-refractivity contribution is -0.0639. The van der Waals surface area contributed by atoms with Gasteiger partial charge in [0.05, 0.1) is 18.3 Å². The van der Waals surface area contributed by atoms with Gasteiger partial charge in [0.15, 0.2) is 0 Å². The van der Waals surface area contributed by atoms with Crippen LogP contribution in [0, 0.1) is 0 Å². The largest absolute Gasteiger partial charge is 0.386 e. The Morgan fingerprint density at radius 3 is 2.68 bits per heavy atom. The third-order valence-corrected chi connectivity index (χ3v) is 5.01. The fraction of sp³-hybridized carbons (Fsp3) is 1.00. The molecule has 2 unspecified atom stereocenters. The summed E-state index contributed by atoms with van der Waals surface area (Å²) in [5, 5.41) is 13.6. The van der Waals surface area contributed by atoms with E-state index in [1.54, 1.807) is 0 Å². The molecule has 0 bridgehead atoms. The van der Waals surface area contributed by atoms with E-state index in [0.717, 1.165) is 13.0 Å². The molecule has 0 amide bonds. The minimum atomic E-state index is -0.652. The molecule has 0 aromatic carbocycles. The summed E-state index contributed by atoms with van der Waals surface area (Å²) in [6.07, 6.45) is 10.0. The van der Waals surface area contributed by atoms with Gasteiger partial charge in [-0.05, 0) is 25.7 Å². The maximum absolute atomic E-state index is 10.2. The lowest BCUT2D eigenvalue weighted by Gasteiger charge is -2.33. The highest BCUT2D eigenvalue weighted by Gasteiger charge is 2.40. The molecule has 2 atom stereocenters. The van der Waals surface area contributed by atoms with Crippen LogP contribution in [0.4, 0.5) is 0 Å². The smallest absolute Gasteiger partial charge is 0.102 e. The zero-order valence-corrected chi connectivity index (χ0v) is 11.8. The topological polar surface area (TPSA) is 50.7 Å². The van der Waals surface area contributed by atoms with Gasteiger partial charge in [-0.25, -0.2) is 0 Å². The Kier molecular flexibility index (Phi) is 4.13. The third kappa shape index (κ3) is 3.30. The minimum absolute atomic E-state index is 0.206. The van der Waals surface area contributed by atoms with Crippen molar-refractivity contribution in [3.8, 4) is 0 Å². The van der Waals surface area contributed by atoms with Crippen molar-refractivity contribution < 1.29 is 14.6 Å². The van der Waals surface area contributed by atoms with Gasteiger partial charge in [0, 0.05) is 26.1 Å². The van der Waals surface area contributed by atoms with Crippen LogP contribution in [0.3, 0.4) is 0 Å². The van der Waals surface area contributed by atoms with E-state index < -0.39 is 5.60 Å². The first-order valence-electron chi connectivity index (χ1n) is 7.89. The Bertz CT molecular complexity index is 296. The number of ether oxygens (including phenoxy) is 2. The van der Waals surface area contributed by atoms with Crippen molar-refractivity contribution in [2.24, 2.45) is 0 Å². The van der Waals surface area contributed by atoms with Crippen molar-refractivity contribution in [1.82, 2.24) is 5.32 Å². The maximum atomic E-state index is 10.2. The average molecular weight is 269 g/mol. The van der Waals surface area contributed by atoms with Crippen LogP contribution >= 0.6 is 0 Å². The highest BCUT2D eigenvalue weighted by Crippen LogP contribution is 2.41. The quantitative estimate of drug-likeness (QED) is 0.814. The maximum Gasteiger partial charge on any atom is 0.102 e. The lowest BCUT2D eigenvalue weighted by Crippen LogP contribution is -2.43. The second kappa shape index (κ2) is 5.68. The van der Waals surface area contributed by atoms with Crippen molar-refractivity contribution >= 4 is 0 Å². The molecular weight excluding hydrogens is 242 g/mol.